The molecule has 0 saturated carbocycles. The molecular formula is C16H22BrN3O. The van der Waals surface area contributed by atoms with Gasteiger partial charge in [-0.15, -0.1) is 0 Å². The predicted octanol–water partition coefficient (Wildman–Crippen LogP) is 3.61. The fourth-order valence-electron chi connectivity index (χ4n) is 1.79. The summed E-state index contributed by atoms with van der Waals surface area (Å²) in [5.74, 6) is 0.867. The van der Waals surface area contributed by atoms with Crippen LogP contribution in [-0.4, -0.2) is 21.9 Å². The zero-order valence-electron chi connectivity index (χ0n) is 12.8. The van der Waals surface area contributed by atoms with E-state index in [2.05, 4.69) is 47.1 Å². The minimum Gasteiger partial charge on any atom is -0.492 e. The summed E-state index contributed by atoms with van der Waals surface area (Å²) in [6, 6.07) is 9.89. The molecule has 0 bridgehead atoms. The number of hydrogen-bond donors (Lipinski definition) is 1. The minimum atomic E-state index is 0.105. The number of rotatable bonds is 6. The standard InChI is InChI=1S/C16H22BrN3O/c1-16(2,3)18-12-14-7-8-20(19-14)9-10-21-15-6-4-5-13(17)11-15/h4-8,11,18H,9-10,12H2,1-3H3. The van der Waals surface area contributed by atoms with Gasteiger partial charge in [0.15, 0.2) is 0 Å². The molecule has 2 rings (SSSR count). The summed E-state index contributed by atoms with van der Waals surface area (Å²) >= 11 is 3.43. The molecule has 2 aromatic rings. The van der Waals surface area contributed by atoms with Gasteiger partial charge in [-0.05, 0) is 45.0 Å². The van der Waals surface area contributed by atoms with Crippen molar-refractivity contribution in [2.24, 2.45) is 0 Å². The summed E-state index contributed by atoms with van der Waals surface area (Å²) < 4.78 is 8.64. The molecule has 0 aliphatic heterocycles. The summed E-state index contributed by atoms with van der Waals surface area (Å²) in [4.78, 5) is 0. The Bertz CT molecular complexity index is 575. The Morgan fingerprint density at radius 3 is 2.81 bits per heavy atom. The van der Waals surface area contributed by atoms with E-state index in [1.807, 2.05) is 41.2 Å². The monoisotopic (exact) mass is 351 g/mol. The van der Waals surface area contributed by atoms with E-state index < -0.39 is 0 Å². The molecule has 0 aliphatic carbocycles. The Hall–Kier alpha value is -1.33. The molecule has 0 radical (unpaired) electrons. The summed E-state index contributed by atoms with van der Waals surface area (Å²) in [5.41, 5.74) is 1.15. The number of halogens is 1. The highest BCUT2D eigenvalue weighted by Crippen LogP contribution is 2.17. The van der Waals surface area contributed by atoms with Gasteiger partial charge in [0.2, 0.25) is 0 Å². The summed E-state index contributed by atoms with van der Waals surface area (Å²) in [7, 11) is 0. The van der Waals surface area contributed by atoms with Gasteiger partial charge in [-0.2, -0.15) is 5.10 Å². The molecule has 1 heterocycles. The van der Waals surface area contributed by atoms with Crippen LogP contribution < -0.4 is 10.1 Å². The lowest BCUT2D eigenvalue weighted by atomic mass is 10.1. The minimum absolute atomic E-state index is 0.105. The average molecular weight is 352 g/mol. The maximum atomic E-state index is 5.71. The van der Waals surface area contributed by atoms with Gasteiger partial charge in [0.05, 0.1) is 12.2 Å². The highest BCUT2D eigenvalue weighted by molar-refractivity contribution is 9.10. The van der Waals surface area contributed by atoms with Crippen LogP contribution in [0.15, 0.2) is 41.0 Å². The van der Waals surface area contributed by atoms with Crippen LogP contribution in [0, 0.1) is 0 Å². The molecule has 5 heteroatoms. The number of nitrogens with one attached hydrogen (secondary N) is 1. The van der Waals surface area contributed by atoms with Crippen LogP contribution in [0.25, 0.3) is 0 Å². The van der Waals surface area contributed by atoms with Gasteiger partial charge in [0.1, 0.15) is 12.4 Å². The van der Waals surface area contributed by atoms with E-state index >= 15 is 0 Å². The van der Waals surface area contributed by atoms with Crippen molar-refractivity contribution in [3.05, 3.63) is 46.7 Å². The quantitative estimate of drug-likeness (QED) is 0.863. The third-order valence-corrected chi connectivity index (χ3v) is 3.37. The van der Waals surface area contributed by atoms with Crippen molar-refractivity contribution in [3.63, 3.8) is 0 Å². The van der Waals surface area contributed by atoms with Crippen LogP contribution in [-0.2, 0) is 13.1 Å². The van der Waals surface area contributed by atoms with Gasteiger partial charge >= 0.3 is 0 Å². The van der Waals surface area contributed by atoms with Crippen LogP contribution >= 0.6 is 15.9 Å². The Balaban J connectivity index is 1.78. The van der Waals surface area contributed by atoms with Crippen molar-refractivity contribution < 1.29 is 4.74 Å². The lowest BCUT2D eigenvalue weighted by molar-refractivity contribution is 0.290. The molecule has 0 saturated heterocycles. The highest BCUT2D eigenvalue weighted by Gasteiger charge is 2.09. The normalized spacial score (nSPS) is 11.6. The molecule has 4 nitrogen and oxygen atoms in total. The molecule has 0 aliphatic rings. The largest absolute Gasteiger partial charge is 0.492 e. The molecule has 1 N–H and O–H groups in total. The van der Waals surface area contributed by atoms with Gasteiger partial charge in [-0.3, -0.25) is 4.68 Å². The molecular weight excluding hydrogens is 330 g/mol. The van der Waals surface area contributed by atoms with Crippen LogP contribution in [0.2, 0.25) is 0 Å². The SMILES string of the molecule is CC(C)(C)NCc1ccn(CCOc2cccc(Br)c2)n1. The first-order valence-corrected chi connectivity index (χ1v) is 7.87. The maximum absolute atomic E-state index is 5.71. The van der Waals surface area contributed by atoms with Crippen molar-refractivity contribution >= 4 is 15.9 Å². The Morgan fingerprint density at radius 1 is 1.29 bits per heavy atom. The van der Waals surface area contributed by atoms with E-state index in [0.717, 1.165) is 29.0 Å². The first kappa shape index (κ1) is 16.0. The highest BCUT2D eigenvalue weighted by atomic mass is 79.9. The summed E-state index contributed by atoms with van der Waals surface area (Å²) in [5, 5.41) is 7.95. The summed E-state index contributed by atoms with van der Waals surface area (Å²) in [6.07, 6.45) is 1.99. The van der Waals surface area contributed by atoms with Crippen LogP contribution in [0.4, 0.5) is 0 Å². The third-order valence-electron chi connectivity index (χ3n) is 2.88. The summed E-state index contributed by atoms with van der Waals surface area (Å²) in [6.45, 7) is 8.57. The van der Waals surface area contributed by atoms with Crippen molar-refractivity contribution in [2.75, 3.05) is 6.61 Å². The second-order valence-corrected chi connectivity index (χ2v) is 6.90. The fraction of sp³-hybridized carbons (Fsp3) is 0.438. The van der Waals surface area contributed by atoms with Crippen LogP contribution in [0.3, 0.4) is 0 Å². The lowest BCUT2D eigenvalue weighted by Crippen LogP contribution is -2.35. The topological polar surface area (TPSA) is 39.1 Å². The van der Waals surface area contributed by atoms with Crippen molar-refractivity contribution in [1.82, 2.24) is 15.1 Å². The molecule has 0 amide bonds. The lowest BCUT2D eigenvalue weighted by Gasteiger charge is -2.19. The van der Waals surface area contributed by atoms with Crippen LogP contribution in [0.1, 0.15) is 26.5 Å². The fourth-order valence-corrected chi connectivity index (χ4v) is 2.17. The molecule has 0 spiro atoms. The molecule has 1 aromatic heterocycles. The molecule has 21 heavy (non-hydrogen) atoms. The Kier molecular flexibility index (Phi) is 5.42. The zero-order valence-corrected chi connectivity index (χ0v) is 14.4. The third kappa shape index (κ3) is 5.89. The molecule has 114 valence electrons. The zero-order chi connectivity index (χ0) is 15.3. The van der Waals surface area contributed by atoms with Gasteiger partial charge in [0.25, 0.3) is 0 Å². The maximum Gasteiger partial charge on any atom is 0.120 e. The first-order chi connectivity index (χ1) is 9.92. The first-order valence-electron chi connectivity index (χ1n) is 7.08. The number of nitrogens with zero attached hydrogens (tertiary/aromatic N) is 2. The van der Waals surface area contributed by atoms with E-state index in [-0.39, 0.29) is 5.54 Å². The second kappa shape index (κ2) is 7.09. The van der Waals surface area contributed by atoms with E-state index in [9.17, 15) is 0 Å². The van der Waals surface area contributed by atoms with Crippen LogP contribution in [0.5, 0.6) is 5.75 Å². The van der Waals surface area contributed by atoms with E-state index in [1.54, 1.807) is 0 Å². The van der Waals surface area contributed by atoms with Crippen molar-refractivity contribution in [3.8, 4) is 5.75 Å². The van der Waals surface area contributed by atoms with E-state index in [0.29, 0.717) is 6.61 Å². The van der Waals surface area contributed by atoms with Crippen molar-refractivity contribution in [2.45, 2.75) is 39.4 Å². The molecule has 0 fully saturated rings. The van der Waals surface area contributed by atoms with Crippen molar-refractivity contribution in [1.29, 1.82) is 0 Å². The van der Waals surface area contributed by atoms with E-state index in [1.165, 1.54) is 0 Å². The van der Waals surface area contributed by atoms with Gasteiger partial charge in [-0.25, -0.2) is 0 Å². The van der Waals surface area contributed by atoms with Gasteiger partial charge in [0, 0.05) is 22.8 Å². The number of aromatic nitrogens is 2. The molecule has 1 aromatic carbocycles. The van der Waals surface area contributed by atoms with Gasteiger partial charge < -0.3 is 10.1 Å². The smallest absolute Gasteiger partial charge is 0.120 e. The van der Waals surface area contributed by atoms with Gasteiger partial charge in [-0.1, -0.05) is 22.0 Å². The molecule has 0 unspecified atom stereocenters. The number of benzene rings is 1. The number of ether oxygens (including phenoxy) is 1. The predicted molar refractivity (Wildman–Crippen MR) is 88.5 cm³/mol. The molecule has 0 atom stereocenters. The average Bonchev–Trinajstić information content (AvgIpc) is 2.84. The van der Waals surface area contributed by atoms with E-state index in [4.69, 9.17) is 4.74 Å². The Morgan fingerprint density at radius 2 is 2.10 bits per heavy atom. The second-order valence-electron chi connectivity index (χ2n) is 5.98. The number of hydrogen-bond acceptors (Lipinski definition) is 3. The Labute approximate surface area is 134 Å².